The molecule has 0 aliphatic carbocycles. The summed E-state index contributed by atoms with van der Waals surface area (Å²) in [7, 11) is 0. The number of nitrogens with zero attached hydrogens (tertiary/aromatic N) is 1. The molecule has 2 aromatic carbocycles. The molecule has 0 bridgehead atoms. The maximum absolute atomic E-state index is 14.5. The van der Waals surface area contributed by atoms with E-state index < -0.39 is 17.2 Å². The summed E-state index contributed by atoms with van der Waals surface area (Å²) in [6.07, 6.45) is 0.212. The molecule has 1 aliphatic heterocycles. The zero-order valence-electron chi connectivity index (χ0n) is 16.6. The van der Waals surface area contributed by atoms with Gasteiger partial charge in [0.1, 0.15) is 17.2 Å². The Kier molecular flexibility index (Phi) is 6.14. The van der Waals surface area contributed by atoms with Crippen LogP contribution in [0.4, 0.5) is 8.78 Å². The van der Waals surface area contributed by atoms with Crippen LogP contribution in [0.25, 0.3) is 0 Å². The normalized spacial score (nSPS) is 20.3. The van der Waals surface area contributed by atoms with Gasteiger partial charge in [-0.05, 0) is 43.9 Å². The molecule has 3 rings (SSSR count). The molecule has 0 unspecified atom stereocenters. The van der Waals surface area contributed by atoms with Crippen molar-refractivity contribution in [2.45, 2.75) is 45.3 Å². The predicted molar refractivity (Wildman–Crippen MR) is 105 cm³/mol. The molecule has 0 radical (unpaired) electrons. The van der Waals surface area contributed by atoms with Gasteiger partial charge in [0, 0.05) is 31.6 Å². The number of hydrogen-bond donors (Lipinski definition) is 0. The maximum Gasteiger partial charge on any atom is 0.306 e. The van der Waals surface area contributed by atoms with Crippen LogP contribution >= 0.6 is 0 Å². The molecule has 150 valence electrons. The summed E-state index contributed by atoms with van der Waals surface area (Å²) >= 11 is 0. The minimum absolute atomic E-state index is 0.0847. The molecule has 1 fully saturated rings. The minimum atomic E-state index is -0.593. The Bertz CT molecular complexity index is 817. The Morgan fingerprint density at radius 1 is 1.11 bits per heavy atom. The van der Waals surface area contributed by atoms with Crippen molar-refractivity contribution < 1.29 is 18.3 Å². The van der Waals surface area contributed by atoms with E-state index in [1.54, 1.807) is 0 Å². The summed E-state index contributed by atoms with van der Waals surface area (Å²) in [6, 6.07) is 13.7. The molecule has 0 amide bonds. The van der Waals surface area contributed by atoms with Crippen molar-refractivity contribution in [2.24, 2.45) is 5.92 Å². The summed E-state index contributed by atoms with van der Waals surface area (Å²) in [5.41, 5.74) is 1.07. The lowest BCUT2D eigenvalue weighted by molar-refractivity contribution is -0.156. The largest absolute Gasteiger partial charge is 0.460 e. The van der Waals surface area contributed by atoms with Gasteiger partial charge in [0.15, 0.2) is 0 Å². The predicted octanol–water partition coefficient (Wildman–Crippen LogP) is 4.91. The van der Waals surface area contributed by atoms with Crippen LogP contribution in [-0.2, 0) is 16.1 Å². The first-order valence-electron chi connectivity index (χ1n) is 9.64. The number of halogens is 2. The van der Waals surface area contributed by atoms with Crippen LogP contribution in [0.15, 0.2) is 48.5 Å². The lowest BCUT2D eigenvalue weighted by Gasteiger charge is -2.23. The number of esters is 1. The van der Waals surface area contributed by atoms with Crippen molar-refractivity contribution in [3.05, 3.63) is 71.3 Å². The van der Waals surface area contributed by atoms with Crippen LogP contribution in [0, 0.1) is 17.6 Å². The molecular formula is C23H27F2NO2. The van der Waals surface area contributed by atoms with E-state index >= 15 is 0 Å². The molecule has 2 aromatic rings. The van der Waals surface area contributed by atoms with Gasteiger partial charge in [0.25, 0.3) is 0 Å². The quantitative estimate of drug-likeness (QED) is 0.683. The summed E-state index contributed by atoms with van der Waals surface area (Å²) in [5, 5.41) is 0. The van der Waals surface area contributed by atoms with Gasteiger partial charge in [-0.3, -0.25) is 9.69 Å². The van der Waals surface area contributed by atoms with Crippen molar-refractivity contribution in [3.63, 3.8) is 0 Å². The maximum atomic E-state index is 14.5. The van der Waals surface area contributed by atoms with Crippen molar-refractivity contribution in [1.82, 2.24) is 4.90 Å². The fraction of sp³-hybridized carbons (Fsp3) is 0.435. The van der Waals surface area contributed by atoms with Gasteiger partial charge in [-0.15, -0.1) is 0 Å². The molecule has 2 atom stereocenters. The highest BCUT2D eigenvalue weighted by atomic mass is 19.1. The Balaban J connectivity index is 1.79. The van der Waals surface area contributed by atoms with Crippen molar-refractivity contribution in [2.75, 3.05) is 13.1 Å². The highest BCUT2D eigenvalue weighted by Gasteiger charge is 2.37. The molecule has 28 heavy (non-hydrogen) atoms. The number of likely N-dealkylation sites (tertiary alicyclic amines) is 1. The van der Waals surface area contributed by atoms with E-state index in [1.165, 1.54) is 17.7 Å². The number of ether oxygens (including phenoxy) is 1. The van der Waals surface area contributed by atoms with Gasteiger partial charge in [-0.1, -0.05) is 36.4 Å². The Morgan fingerprint density at radius 3 is 2.46 bits per heavy atom. The lowest BCUT2D eigenvalue weighted by atomic mass is 9.86. The first-order valence-corrected chi connectivity index (χ1v) is 9.64. The Morgan fingerprint density at radius 2 is 1.82 bits per heavy atom. The highest BCUT2D eigenvalue weighted by molar-refractivity contribution is 5.70. The number of carbonyl (C=O) groups is 1. The summed E-state index contributed by atoms with van der Waals surface area (Å²) in [5.74, 6) is -1.70. The van der Waals surface area contributed by atoms with Gasteiger partial charge in [0.05, 0.1) is 6.42 Å². The zero-order valence-corrected chi connectivity index (χ0v) is 16.6. The number of benzene rings is 2. The second-order valence-corrected chi connectivity index (χ2v) is 8.50. The van der Waals surface area contributed by atoms with Gasteiger partial charge in [-0.25, -0.2) is 8.78 Å². The van der Waals surface area contributed by atoms with Crippen molar-refractivity contribution in [3.8, 4) is 0 Å². The summed E-state index contributed by atoms with van der Waals surface area (Å²) in [4.78, 5) is 14.6. The Labute approximate surface area is 165 Å². The second-order valence-electron chi connectivity index (χ2n) is 8.50. The van der Waals surface area contributed by atoms with Crippen LogP contribution in [-0.4, -0.2) is 29.6 Å². The average molecular weight is 387 g/mol. The van der Waals surface area contributed by atoms with Gasteiger partial charge < -0.3 is 4.74 Å². The van der Waals surface area contributed by atoms with E-state index in [4.69, 9.17) is 4.74 Å². The zero-order chi connectivity index (χ0) is 20.3. The monoisotopic (exact) mass is 387 g/mol. The summed E-state index contributed by atoms with van der Waals surface area (Å²) in [6.45, 7) is 7.50. The van der Waals surface area contributed by atoms with Gasteiger partial charge in [0.2, 0.25) is 0 Å². The number of hydrogen-bond acceptors (Lipinski definition) is 3. The third-order valence-electron chi connectivity index (χ3n) is 4.98. The van der Waals surface area contributed by atoms with E-state index in [1.807, 2.05) is 39.0 Å². The second kappa shape index (κ2) is 8.39. The first kappa shape index (κ1) is 20.5. The van der Waals surface area contributed by atoms with Gasteiger partial charge in [-0.2, -0.15) is 0 Å². The highest BCUT2D eigenvalue weighted by Crippen LogP contribution is 2.37. The minimum Gasteiger partial charge on any atom is -0.460 e. The molecular weight excluding hydrogens is 360 g/mol. The molecule has 0 N–H and O–H groups in total. The molecule has 1 saturated heterocycles. The average Bonchev–Trinajstić information content (AvgIpc) is 2.96. The standard InChI is InChI=1S/C23H27F2NO2/c1-23(2,3)28-22(27)11-17-14-26(13-16-7-5-4-6-8-16)15-20(17)19-10-9-18(24)12-21(19)25/h4-10,12,17,20H,11,13-15H2,1-3H3/t17-,20-/m0/s1. The van der Waals surface area contributed by atoms with E-state index in [0.717, 1.165) is 12.6 Å². The molecule has 0 spiro atoms. The topological polar surface area (TPSA) is 29.5 Å². The molecule has 5 heteroatoms. The number of carbonyl (C=O) groups excluding carboxylic acids is 1. The van der Waals surface area contributed by atoms with Crippen LogP contribution in [0.2, 0.25) is 0 Å². The van der Waals surface area contributed by atoms with E-state index in [9.17, 15) is 13.6 Å². The SMILES string of the molecule is CC(C)(C)OC(=O)C[C@H]1CN(Cc2ccccc2)C[C@@H]1c1ccc(F)cc1F. The molecule has 0 saturated carbocycles. The van der Waals surface area contributed by atoms with Crippen LogP contribution in [0.3, 0.4) is 0 Å². The van der Waals surface area contributed by atoms with Gasteiger partial charge >= 0.3 is 5.97 Å². The Hall–Kier alpha value is -2.27. The van der Waals surface area contributed by atoms with Crippen LogP contribution in [0.5, 0.6) is 0 Å². The lowest BCUT2D eigenvalue weighted by Crippen LogP contribution is -2.27. The third kappa shape index (κ3) is 5.38. The van der Waals surface area contributed by atoms with Crippen LogP contribution < -0.4 is 0 Å². The third-order valence-corrected chi connectivity index (χ3v) is 4.98. The fourth-order valence-corrected chi connectivity index (χ4v) is 3.89. The first-order chi connectivity index (χ1) is 13.2. The smallest absolute Gasteiger partial charge is 0.306 e. The van der Waals surface area contributed by atoms with Crippen molar-refractivity contribution in [1.29, 1.82) is 0 Å². The van der Waals surface area contributed by atoms with E-state index in [2.05, 4.69) is 17.0 Å². The number of rotatable bonds is 5. The molecule has 3 nitrogen and oxygen atoms in total. The van der Waals surface area contributed by atoms with Crippen LogP contribution in [0.1, 0.15) is 44.2 Å². The molecule has 1 heterocycles. The van der Waals surface area contributed by atoms with E-state index in [0.29, 0.717) is 18.7 Å². The fourth-order valence-electron chi connectivity index (χ4n) is 3.89. The molecule has 0 aromatic heterocycles. The summed E-state index contributed by atoms with van der Waals surface area (Å²) < 4.78 is 33.3. The van der Waals surface area contributed by atoms with Crippen molar-refractivity contribution >= 4 is 5.97 Å². The van der Waals surface area contributed by atoms with E-state index in [-0.39, 0.29) is 24.2 Å². The molecule has 1 aliphatic rings.